The lowest BCUT2D eigenvalue weighted by Gasteiger charge is -2.18. The highest BCUT2D eigenvalue weighted by Gasteiger charge is 2.63. The maximum atomic E-state index is 13.0. The van der Waals surface area contributed by atoms with E-state index in [4.69, 9.17) is 0 Å². The Morgan fingerprint density at radius 2 is 1.68 bits per heavy atom. The van der Waals surface area contributed by atoms with Gasteiger partial charge in [-0.05, 0) is 6.07 Å². The first-order chi connectivity index (χ1) is 8.55. The lowest BCUT2D eigenvalue weighted by atomic mass is 10.2. The van der Waals surface area contributed by atoms with Gasteiger partial charge in [0.25, 0.3) is 0 Å². The molecule has 0 heterocycles. The van der Waals surface area contributed by atoms with Crippen molar-refractivity contribution < 1.29 is 35.5 Å². The zero-order valence-corrected chi connectivity index (χ0v) is 8.99. The van der Waals surface area contributed by atoms with Crippen LogP contribution in [0.5, 0.6) is 0 Å². The predicted octanol–water partition coefficient (Wildman–Crippen LogP) is 2.78. The van der Waals surface area contributed by atoms with Gasteiger partial charge >= 0.3 is 18.0 Å². The lowest BCUT2D eigenvalue weighted by molar-refractivity contribution is -0.269. The normalized spacial score (nSPS) is 12.4. The van der Waals surface area contributed by atoms with E-state index in [1.54, 1.807) is 0 Å². The molecule has 0 aliphatic heterocycles. The molecule has 0 bridgehead atoms. The minimum atomic E-state index is -6.04. The molecule has 0 unspecified atom stereocenters. The molecule has 0 saturated heterocycles. The van der Waals surface area contributed by atoms with Crippen LogP contribution in [0, 0.1) is 11.6 Å². The fourth-order valence-corrected chi connectivity index (χ4v) is 1.08. The number of benzene rings is 1. The van der Waals surface area contributed by atoms with Crippen molar-refractivity contribution in [3.05, 3.63) is 35.4 Å². The molecule has 0 spiro atoms. The summed E-state index contributed by atoms with van der Waals surface area (Å²) in [7, 11) is 0. The summed E-state index contributed by atoms with van der Waals surface area (Å²) in [5, 5.41) is 1.23. The molecular formula is C10H6F7NO. The maximum Gasteiger partial charge on any atom is 0.463 e. The number of nitrogens with one attached hydrogen (secondary N) is 1. The van der Waals surface area contributed by atoms with Crippen LogP contribution in [-0.4, -0.2) is 18.0 Å². The molecule has 1 N–H and O–H groups in total. The van der Waals surface area contributed by atoms with E-state index >= 15 is 0 Å². The number of amides is 1. The summed E-state index contributed by atoms with van der Waals surface area (Å²) in [6, 6.07) is 1.99. The Hall–Kier alpha value is -1.80. The van der Waals surface area contributed by atoms with E-state index in [0.717, 1.165) is 12.1 Å². The summed E-state index contributed by atoms with van der Waals surface area (Å²) in [6.07, 6.45) is -6.04. The number of carbonyl (C=O) groups excluding carboxylic acids is 1. The van der Waals surface area contributed by atoms with Crippen LogP contribution in [0.4, 0.5) is 30.7 Å². The first-order valence-corrected chi connectivity index (χ1v) is 4.72. The first kappa shape index (κ1) is 15.3. The monoisotopic (exact) mass is 289 g/mol. The molecule has 0 atom stereocenters. The van der Waals surface area contributed by atoms with Gasteiger partial charge in [-0.15, -0.1) is 0 Å². The van der Waals surface area contributed by atoms with Crippen LogP contribution in [-0.2, 0) is 11.3 Å². The van der Waals surface area contributed by atoms with Crippen molar-refractivity contribution in [1.82, 2.24) is 5.32 Å². The van der Waals surface area contributed by atoms with E-state index < -0.39 is 41.7 Å². The van der Waals surface area contributed by atoms with Gasteiger partial charge in [-0.2, -0.15) is 22.0 Å². The molecule has 0 aliphatic carbocycles. The van der Waals surface area contributed by atoms with E-state index in [9.17, 15) is 35.5 Å². The quantitative estimate of drug-likeness (QED) is 0.852. The second kappa shape index (κ2) is 5.06. The van der Waals surface area contributed by atoms with Crippen LogP contribution >= 0.6 is 0 Å². The number of halogens is 7. The van der Waals surface area contributed by atoms with E-state index in [1.165, 1.54) is 5.32 Å². The van der Waals surface area contributed by atoms with Gasteiger partial charge in [-0.1, -0.05) is 6.07 Å². The zero-order chi connectivity index (χ0) is 14.8. The SMILES string of the molecule is O=C(NCc1ccc(F)cc1F)C(F)(F)C(F)(F)F. The summed E-state index contributed by atoms with van der Waals surface area (Å²) < 4.78 is 85.9. The molecule has 1 aromatic carbocycles. The van der Waals surface area contributed by atoms with E-state index in [0.29, 0.717) is 6.07 Å². The number of hydrogen-bond donors (Lipinski definition) is 1. The van der Waals surface area contributed by atoms with Gasteiger partial charge in [-0.3, -0.25) is 4.79 Å². The maximum absolute atomic E-state index is 13.0. The van der Waals surface area contributed by atoms with Crippen molar-refractivity contribution in [2.75, 3.05) is 0 Å². The standard InChI is InChI=1S/C10H6F7NO/c11-6-2-1-5(7(12)3-6)4-18-8(19)9(13,14)10(15,16)17/h1-3H,4H2,(H,18,19). The molecule has 0 aromatic heterocycles. The van der Waals surface area contributed by atoms with E-state index in [-0.39, 0.29) is 0 Å². The van der Waals surface area contributed by atoms with Crippen molar-refractivity contribution in [2.24, 2.45) is 0 Å². The van der Waals surface area contributed by atoms with Crippen molar-refractivity contribution in [3.63, 3.8) is 0 Å². The number of rotatable bonds is 3. The molecular weight excluding hydrogens is 283 g/mol. The fourth-order valence-electron chi connectivity index (χ4n) is 1.08. The summed E-state index contributed by atoms with van der Waals surface area (Å²) in [4.78, 5) is 10.7. The molecule has 1 aromatic rings. The minimum absolute atomic E-state index is 0.406. The van der Waals surface area contributed by atoms with Crippen LogP contribution in [0.15, 0.2) is 18.2 Å². The zero-order valence-electron chi connectivity index (χ0n) is 8.99. The predicted molar refractivity (Wildman–Crippen MR) is 49.2 cm³/mol. The van der Waals surface area contributed by atoms with Crippen molar-refractivity contribution >= 4 is 5.91 Å². The van der Waals surface area contributed by atoms with Gasteiger partial charge in [0.15, 0.2) is 0 Å². The molecule has 0 fully saturated rings. The Morgan fingerprint density at radius 3 is 2.16 bits per heavy atom. The summed E-state index contributed by atoms with van der Waals surface area (Å²) >= 11 is 0. The Bertz CT molecular complexity index is 483. The number of alkyl halides is 5. The molecule has 106 valence electrons. The second-order valence-electron chi connectivity index (χ2n) is 3.49. The van der Waals surface area contributed by atoms with Crippen LogP contribution < -0.4 is 5.32 Å². The minimum Gasteiger partial charge on any atom is -0.346 e. The average molecular weight is 289 g/mol. The van der Waals surface area contributed by atoms with Crippen molar-refractivity contribution in [3.8, 4) is 0 Å². The Morgan fingerprint density at radius 1 is 1.11 bits per heavy atom. The molecule has 0 aliphatic rings. The van der Waals surface area contributed by atoms with Crippen LogP contribution in [0.3, 0.4) is 0 Å². The third kappa shape index (κ3) is 3.36. The molecule has 9 heteroatoms. The summed E-state index contributed by atoms with van der Waals surface area (Å²) in [6.45, 7) is -0.920. The van der Waals surface area contributed by atoms with Crippen LogP contribution in [0.1, 0.15) is 5.56 Å². The largest absolute Gasteiger partial charge is 0.463 e. The van der Waals surface area contributed by atoms with Gasteiger partial charge in [0.1, 0.15) is 11.6 Å². The topological polar surface area (TPSA) is 29.1 Å². The summed E-state index contributed by atoms with van der Waals surface area (Å²) in [5.41, 5.74) is -0.423. The van der Waals surface area contributed by atoms with Crippen molar-refractivity contribution in [2.45, 2.75) is 18.6 Å². The highest BCUT2D eigenvalue weighted by Crippen LogP contribution is 2.35. The van der Waals surface area contributed by atoms with Crippen molar-refractivity contribution in [1.29, 1.82) is 0 Å². The van der Waals surface area contributed by atoms with Crippen LogP contribution in [0.25, 0.3) is 0 Å². The van der Waals surface area contributed by atoms with Gasteiger partial charge in [0, 0.05) is 18.2 Å². The second-order valence-corrected chi connectivity index (χ2v) is 3.49. The number of hydrogen-bond acceptors (Lipinski definition) is 1. The average Bonchev–Trinajstić information content (AvgIpc) is 2.25. The molecule has 1 rings (SSSR count). The van der Waals surface area contributed by atoms with E-state index in [1.807, 2.05) is 0 Å². The first-order valence-electron chi connectivity index (χ1n) is 4.72. The Labute approximate surface area is 102 Å². The smallest absolute Gasteiger partial charge is 0.346 e. The fraction of sp³-hybridized carbons (Fsp3) is 0.300. The number of carbonyl (C=O) groups is 1. The highest BCUT2D eigenvalue weighted by atomic mass is 19.4. The third-order valence-corrected chi connectivity index (χ3v) is 2.10. The third-order valence-electron chi connectivity index (χ3n) is 2.10. The Balaban J connectivity index is 2.75. The molecule has 2 nitrogen and oxygen atoms in total. The van der Waals surface area contributed by atoms with Gasteiger partial charge < -0.3 is 5.32 Å². The van der Waals surface area contributed by atoms with Gasteiger partial charge in [-0.25, -0.2) is 8.78 Å². The van der Waals surface area contributed by atoms with Gasteiger partial charge in [0.2, 0.25) is 0 Å². The molecule has 19 heavy (non-hydrogen) atoms. The molecule has 1 amide bonds. The lowest BCUT2D eigenvalue weighted by Crippen LogP contribution is -2.50. The Kier molecular flexibility index (Phi) is 4.06. The van der Waals surface area contributed by atoms with Crippen LogP contribution in [0.2, 0.25) is 0 Å². The highest BCUT2D eigenvalue weighted by molar-refractivity contribution is 5.84. The molecule has 0 radical (unpaired) electrons. The molecule has 0 saturated carbocycles. The van der Waals surface area contributed by atoms with Gasteiger partial charge in [0.05, 0.1) is 0 Å². The van der Waals surface area contributed by atoms with E-state index in [2.05, 4.69) is 0 Å². The summed E-state index contributed by atoms with van der Waals surface area (Å²) in [5.74, 6) is -10.3.